The van der Waals surface area contributed by atoms with Gasteiger partial charge in [-0.05, 0) is 70.1 Å². The van der Waals surface area contributed by atoms with E-state index in [0.29, 0.717) is 50.9 Å². The SMILES string of the molecule is CCCCCCCCCCCCCCCCCC(=O)OCC(/C=C/CCCCCCC(=O)OCC(/C=C/CCCCCCC(=O)OCC(CC)CCCC)CCCCCCCC)CCCCCCCC. The molecule has 6 heteroatoms. The Bertz CT molecular complexity index is 1160. The molecule has 3 unspecified atom stereocenters. The number of unbranched alkanes of at least 4 members (excludes halogenated alkanes) is 33. The Balaban J connectivity index is 4.46. The first kappa shape index (κ1) is 67.9. The largest absolute Gasteiger partial charge is 0.465 e. The summed E-state index contributed by atoms with van der Waals surface area (Å²) in [7, 11) is 0. The highest BCUT2D eigenvalue weighted by atomic mass is 16.5. The van der Waals surface area contributed by atoms with E-state index >= 15 is 0 Å². The number of allylic oxidation sites excluding steroid dienone is 2. The summed E-state index contributed by atoms with van der Waals surface area (Å²) in [6.07, 6.45) is 63.3. The van der Waals surface area contributed by atoms with Crippen LogP contribution in [0.4, 0.5) is 0 Å². The number of hydrogen-bond donors (Lipinski definition) is 0. The third-order valence-electron chi connectivity index (χ3n) is 14.6. The molecule has 0 spiro atoms. The Kier molecular flexibility index (Phi) is 54.5. The fraction of sp³-hybridized carbons (Fsp3) is 0.891. The van der Waals surface area contributed by atoms with Crippen molar-refractivity contribution in [2.45, 2.75) is 330 Å². The lowest BCUT2D eigenvalue weighted by Gasteiger charge is -2.14. The molecule has 0 radical (unpaired) electrons. The second kappa shape index (κ2) is 56.2. The number of carbonyl (C=O) groups is 3. The molecule has 0 rings (SSSR count). The number of carbonyl (C=O) groups excluding carboxylic acids is 3. The van der Waals surface area contributed by atoms with Crippen molar-refractivity contribution in [3.8, 4) is 0 Å². The number of ether oxygens (including phenoxy) is 3. The average molecular weight is 986 g/mol. The molecule has 0 aliphatic carbocycles. The first-order chi connectivity index (χ1) is 34.4. The van der Waals surface area contributed by atoms with Gasteiger partial charge in [0.1, 0.15) is 0 Å². The molecule has 412 valence electrons. The van der Waals surface area contributed by atoms with Gasteiger partial charge in [0.2, 0.25) is 0 Å². The molecule has 0 saturated carbocycles. The average Bonchev–Trinajstić information content (AvgIpc) is 3.36. The van der Waals surface area contributed by atoms with Gasteiger partial charge in [-0.3, -0.25) is 14.4 Å². The molecule has 0 amide bonds. The first-order valence-electron chi connectivity index (χ1n) is 31.2. The number of hydrogen-bond acceptors (Lipinski definition) is 6. The summed E-state index contributed by atoms with van der Waals surface area (Å²) in [6.45, 7) is 12.8. The van der Waals surface area contributed by atoms with Gasteiger partial charge in [-0.2, -0.15) is 0 Å². The molecule has 70 heavy (non-hydrogen) atoms. The van der Waals surface area contributed by atoms with Gasteiger partial charge in [-0.15, -0.1) is 0 Å². The summed E-state index contributed by atoms with van der Waals surface area (Å²) >= 11 is 0. The summed E-state index contributed by atoms with van der Waals surface area (Å²) in [4.78, 5) is 37.7. The monoisotopic (exact) mass is 985 g/mol. The highest BCUT2D eigenvalue weighted by Gasteiger charge is 2.13. The molecule has 0 aliphatic rings. The normalized spacial score (nSPS) is 13.0. The van der Waals surface area contributed by atoms with Crippen molar-refractivity contribution in [3.05, 3.63) is 24.3 Å². The van der Waals surface area contributed by atoms with Crippen LogP contribution in [0.15, 0.2) is 24.3 Å². The van der Waals surface area contributed by atoms with E-state index in [-0.39, 0.29) is 23.8 Å². The lowest BCUT2D eigenvalue weighted by Crippen LogP contribution is -2.13. The van der Waals surface area contributed by atoms with Crippen LogP contribution in [-0.2, 0) is 28.6 Å². The highest BCUT2D eigenvalue weighted by molar-refractivity contribution is 5.70. The van der Waals surface area contributed by atoms with E-state index in [4.69, 9.17) is 14.2 Å². The second-order valence-electron chi connectivity index (χ2n) is 21.6. The zero-order chi connectivity index (χ0) is 51.1. The van der Waals surface area contributed by atoms with Gasteiger partial charge < -0.3 is 14.2 Å². The van der Waals surface area contributed by atoms with E-state index in [0.717, 1.165) is 103 Å². The van der Waals surface area contributed by atoms with Crippen LogP contribution in [0, 0.1) is 17.8 Å². The standard InChI is InChI=1S/C64H120O6/c1-6-11-15-18-21-22-23-24-25-26-27-28-29-38-45-54-63(66)69-57-60(49-41-34-19-16-12-7-2)52-44-37-31-33-40-47-55-64(67)70-58-61(50-42-35-20-17-13-8-3)51-43-36-30-32-39-46-53-62(65)68-56-59(10-5)48-14-9-4/h43-44,51-52,59-61H,6-42,45-50,53-58H2,1-5H3/b51-43+,52-44+. The van der Waals surface area contributed by atoms with Crippen molar-refractivity contribution in [3.63, 3.8) is 0 Å². The van der Waals surface area contributed by atoms with E-state index in [1.165, 1.54) is 173 Å². The molecule has 0 aromatic carbocycles. The Hall–Kier alpha value is -2.11. The predicted molar refractivity (Wildman–Crippen MR) is 302 cm³/mol. The Morgan fingerprint density at radius 2 is 0.600 bits per heavy atom. The van der Waals surface area contributed by atoms with Crippen LogP contribution in [-0.4, -0.2) is 37.7 Å². The lowest BCUT2D eigenvalue weighted by atomic mass is 9.99. The van der Waals surface area contributed by atoms with E-state index in [1.54, 1.807) is 0 Å². The molecule has 0 aromatic heterocycles. The Morgan fingerprint density at radius 3 is 0.929 bits per heavy atom. The molecule has 0 N–H and O–H groups in total. The first-order valence-corrected chi connectivity index (χ1v) is 31.2. The topological polar surface area (TPSA) is 78.9 Å². The minimum Gasteiger partial charge on any atom is -0.465 e. The van der Waals surface area contributed by atoms with E-state index < -0.39 is 0 Å². The van der Waals surface area contributed by atoms with Crippen LogP contribution >= 0.6 is 0 Å². The molecule has 0 aliphatic heterocycles. The van der Waals surface area contributed by atoms with Crippen LogP contribution < -0.4 is 0 Å². The van der Waals surface area contributed by atoms with Crippen molar-refractivity contribution in [2.24, 2.45) is 17.8 Å². The quantitative estimate of drug-likeness (QED) is 0.0261. The van der Waals surface area contributed by atoms with Gasteiger partial charge in [-0.1, -0.05) is 271 Å². The van der Waals surface area contributed by atoms with E-state index in [1.807, 2.05) is 0 Å². The minimum absolute atomic E-state index is 0.0209. The summed E-state index contributed by atoms with van der Waals surface area (Å²) in [6, 6.07) is 0. The molecule has 3 atom stereocenters. The van der Waals surface area contributed by atoms with Gasteiger partial charge in [0.25, 0.3) is 0 Å². The van der Waals surface area contributed by atoms with Gasteiger partial charge in [0.05, 0.1) is 19.8 Å². The molecule has 0 saturated heterocycles. The third kappa shape index (κ3) is 50.8. The Labute approximate surface area is 436 Å². The maximum absolute atomic E-state index is 12.8. The fourth-order valence-electron chi connectivity index (χ4n) is 9.56. The van der Waals surface area contributed by atoms with Crippen LogP contribution in [0.3, 0.4) is 0 Å². The summed E-state index contributed by atoms with van der Waals surface area (Å²) in [5.41, 5.74) is 0. The maximum atomic E-state index is 12.8. The zero-order valence-corrected chi connectivity index (χ0v) is 47.6. The molecular formula is C64H120O6. The summed E-state index contributed by atoms with van der Waals surface area (Å²) in [5.74, 6) is 0.976. The van der Waals surface area contributed by atoms with Crippen molar-refractivity contribution >= 4 is 17.9 Å². The molecule has 0 bridgehead atoms. The number of esters is 3. The Morgan fingerprint density at radius 1 is 0.314 bits per heavy atom. The lowest BCUT2D eigenvalue weighted by molar-refractivity contribution is -0.146. The van der Waals surface area contributed by atoms with Crippen LogP contribution in [0.2, 0.25) is 0 Å². The smallest absolute Gasteiger partial charge is 0.305 e. The van der Waals surface area contributed by atoms with Crippen molar-refractivity contribution < 1.29 is 28.6 Å². The highest BCUT2D eigenvalue weighted by Crippen LogP contribution is 2.20. The second-order valence-corrected chi connectivity index (χ2v) is 21.6. The molecular weight excluding hydrogens is 865 g/mol. The van der Waals surface area contributed by atoms with Gasteiger partial charge >= 0.3 is 17.9 Å². The van der Waals surface area contributed by atoms with Crippen molar-refractivity contribution in [1.29, 1.82) is 0 Å². The summed E-state index contributed by atoms with van der Waals surface area (Å²) < 4.78 is 17.3. The van der Waals surface area contributed by atoms with Crippen LogP contribution in [0.25, 0.3) is 0 Å². The molecule has 6 nitrogen and oxygen atoms in total. The van der Waals surface area contributed by atoms with Crippen molar-refractivity contribution in [2.75, 3.05) is 19.8 Å². The predicted octanol–water partition coefficient (Wildman–Crippen LogP) is 20.6. The number of rotatable bonds is 56. The zero-order valence-electron chi connectivity index (χ0n) is 47.6. The van der Waals surface area contributed by atoms with Crippen molar-refractivity contribution in [1.82, 2.24) is 0 Å². The van der Waals surface area contributed by atoms with E-state index in [2.05, 4.69) is 58.9 Å². The van der Waals surface area contributed by atoms with Crippen LogP contribution in [0.5, 0.6) is 0 Å². The molecule has 0 fully saturated rings. The maximum Gasteiger partial charge on any atom is 0.305 e. The fourth-order valence-corrected chi connectivity index (χ4v) is 9.56. The van der Waals surface area contributed by atoms with Gasteiger partial charge in [0, 0.05) is 31.1 Å². The molecule has 0 aromatic rings. The van der Waals surface area contributed by atoms with Crippen LogP contribution in [0.1, 0.15) is 330 Å². The van der Waals surface area contributed by atoms with E-state index in [9.17, 15) is 14.4 Å². The molecule has 0 heterocycles. The third-order valence-corrected chi connectivity index (χ3v) is 14.6. The van der Waals surface area contributed by atoms with Gasteiger partial charge in [0.15, 0.2) is 0 Å². The van der Waals surface area contributed by atoms with Gasteiger partial charge in [-0.25, -0.2) is 0 Å². The summed E-state index contributed by atoms with van der Waals surface area (Å²) in [5, 5.41) is 0. The minimum atomic E-state index is -0.0578.